The molecule has 1 unspecified atom stereocenters. The standard InChI is InChI=1S/C57H48N2O/c1-56(2)48-34-33-45-44-32-30-43(59(41-22-13-7-14-23-41)42-24-15-8-16-25-42)36-49(44)57(3,4)54(45)46(48)31-28-39-29-35-51-52(53(39)56)47-26-17-27-50(55(47)60-51)58(40-20-11-6-12-21-40)37-38-18-9-5-10-19-38/h5-18,20-36,38H,19,37H2,1-4H3. The van der Waals surface area contributed by atoms with Crippen molar-refractivity contribution < 1.29 is 4.42 Å². The van der Waals surface area contributed by atoms with Crippen LogP contribution in [-0.4, -0.2) is 6.54 Å². The van der Waals surface area contributed by atoms with E-state index in [0.717, 1.165) is 52.3 Å². The molecule has 3 aliphatic rings. The van der Waals surface area contributed by atoms with E-state index in [4.69, 9.17) is 4.42 Å². The Morgan fingerprint density at radius 2 is 1.27 bits per heavy atom. The van der Waals surface area contributed by atoms with Crippen molar-refractivity contribution in [3.05, 3.63) is 209 Å². The van der Waals surface area contributed by atoms with Crippen molar-refractivity contribution >= 4 is 62.5 Å². The van der Waals surface area contributed by atoms with Gasteiger partial charge in [0.15, 0.2) is 5.58 Å². The summed E-state index contributed by atoms with van der Waals surface area (Å²) >= 11 is 0. The predicted octanol–water partition coefficient (Wildman–Crippen LogP) is 15.4. The molecule has 60 heavy (non-hydrogen) atoms. The van der Waals surface area contributed by atoms with Gasteiger partial charge in [-0.25, -0.2) is 0 Å². The Labute approximate surface area is 353 Å². The zero-order valence-corrected chi connectivity index (χ0v) is 34.7. The second-order valence-electron chi connectivity index (χ2n) is 17.7. The van der Waals surface area contributed by atoms with Gasteiger partial charge in [-0.15, -0.1) is 0 Å². The van der Waals surface area contributed by atoms with Crippen LogP contribution in [0.15, 0.2) is 180 Å². The molecule has 3 heteroatoms. The van der Waals surface area contributed by atoms with Crippen LogP contribution in [0.1, 0.15) is 67.5 Å². The van der Waals surface area contributed by atoms with Gasteiger partial charge in [0.1, 0.15) is 5.58 Å². The van der Waals surface area contributed by atoms with Gasteiger partial charge in [0.2, 0.25) is 0 Å². The highest BCUT2D eigenvalue weighted by Gasteiger charge is 2.42. The zero-order chi connectivity index (χ0) is 40.6. The van der Waals surface area contributed by atoms with Crippen LogP contribution < -0.4 is 9.80 Å². The maximum Gasteiger partial charge on any atom is 0.159 e. The molecule has 0 bridgehead atoms. The summed E-state index contributed by atoms with van der Waals surface area (Å²) < 4.78 is 7.01. The highest BCUT2D eigenvalue weighted by atomic mass is 16.3. The Hall–Kier alpha value is -6.84. The van der Waals surface area contributed by atoms with Gasteiger partial charge < -0.3 is 14.2 Å². The van der Waals surface area contributed by atoms with Crippen molar-refractivity contribution in [3.8, 4) is 11.1 Å². The first-order valence-electron chi connectivity index (χ1n) is 21.3. The number of nitrogens with zero attached hydrogens (tertiary/aromatic N) is 2. The molecule has 0 fully saturated rings. The van der Waals surface area contributed by atoms with Crippen molar-refractivity contribution in [1.29, 1.82) is 0 Å². The minimum Gasteiger partial charge on any atom is -0.454 e. The summed E-state index contributed by atoms with van der Waals surface area (Å²) in [6, 6.07) is 55.2. The topological polar surface area (TPSA) is 19.6 Å². The van der Waals surface area contributed by atoms with E-state index in [-0.39, 0.29) is 10.8 Å². The number of furan rings is 1. The second-order valence-corrected chi connectivity index (χ2v) is 17.7. The SMILES string of the molecule is CC1(C)c2cc(N(c3ccccc3)c3ccccc3)ccc2-c2ccc3c(c21)C=Cc1ccc2oc4c(N(CC5C=CC=CC5)c5ccccc5)cccc4c2c1C3(C)C. The number of hydrogen-bond acceptors (Lipinski definition) is 3. The third-order valence-corrected chi connectivity index (χ3v) is 13.4. The van der Waals surface area contributed by atoms with Gasteiger partial charge in [0.25, 0.3) is 0 Å². The number of allylic oxidation sites excluding steroid dienone is 3. The normalized spacial score (nSPS) is 16.6. The molecule has 0 amide bonds. The molecule has 7 aromatic carbocycles. The molecule has 0 radical (unpaired) electrons. The fraction of sp³-hybridized carbons (Fsp3) is 0.158. The van der Waals surface area contributed by atoms with E-state index in [1.165, 1.54) is 55.6 Å². The van der Waals surface area contributed by atoms with Crippen LogP contribution in [0, 0.1) is 5.92 Å². The van der Waals surface area contributed by atoms with Crippen LogP contribution in [0.2, 0.25) is 0 Å². The van der Waals surface area contributed by atoms with E-state index in [9.17, 15) is 0 Å². The Bertz CT molecular complexity index is 3000. The monoisotopic (exact) mass is 776 g/mol. The molecule has 0 saturated carbocycles. The van der Waals surface area contributed by atoms with Crippen molar-refractivity contribution in [2.24, 2.45) is 5.92 Å². The third kappa shape index (κ3) is 5.63. The smallest absolute Gasteiger partial charge is 0.159 e. The lowest BCUT2D eigenvalue weighted by molar-refractivity contribution is 0.626. The molecule has 0 spiro atoms. The lowest BCUT2D eigenvalue weighted by Crippen LogP contribution is -2.24. The van der Waals surface area contributed by atoms with Gasteiger partial charge >= 0.3 is 0 Å². The molecule has 11 rings (SSSR count). The van der Waals surface area contributed by atoms with Gasteiger partial charge in [-0.05, 0) is 118 Å². The molecule has 1 aromatic heterocycles. The van der Waals surface area contributed by atoms with E-state index in [0.29, 0.717) is 5.92 Å². The van der Waals surface area contributed by atoms with Gasteiger partial charge in [-0.1, -0.05) is 155 Å². The largest absolute Gasteiger partial charge is 0.454 e. The van der Waals surface area contributed by atoms with Crippen LogP contribution in [0.3, 0.4) is 0 Å². The molecule has 1 atom stereocenters. The molecule has 292 valence electrons. The molecule has 1 heterocycles. The summed E-state index contributed by atoms with van der Waals surface area (Å²) in [4.78, 5) is 4.82. The minimum atomic E-state index is -0.332. The highest BCUT2D eigenvalue weighted by molar-refractivity contribution is 6.13. The molecular weight excluding hydrogens is 729 g/mol. The number of para-hydroxylation sites is 4. The van der Waals surface area contributed by atoms with Gasteiger partial charge in [-0.2, -0.15) is 0 Å². The van der Waals surface area contributed by atoms with E-state index in [1.807, 2.05) is 0 Å². The molecule has 3 aliphatic carbocycles. The number of hydrogen-bond donors (Lipinski definition) is 0. The first kappa shape index (κ1) is 36.3. The fourth-order valence-electron chi connectivity index (χ4n) is 10.6. The van der Waals surface area contributed by atoms with E-state index >= 15 is 0 Å². The second kappa shape index (κ2) is 13.9. The van der Waals surface area contributed by atoms with Crippen LogP contribution in [0.5, 0.6) is 0 Å². The van der Waals surface area contributed by atoms with Crippen molar-refractivity contribution in [2.75, 3.05) is 16.3 Å². The van der Waals surface area contributed by atoms with Gasteiger partial charge in [0, 0.05) is 50.9 Å². The molecule has 3 nitrogen and oxygen atoms in total. The number of benzene rings is 7. The van der Waals surface area contributed by atoms with E-state index in [1.54, 1.807) is 0 Å². The molecular formula is C57H48N2O. The fourth-order valence-corrected chi connectivity index (χ4v) is 10.6. The minimum absolute atomic E-state index is 0.237. The maximum atomic E-state index is 7.01. The van der Waals surface area contributed by atoms with Gasteiger partial charge in [-0.3, -0.25) is 0 Å². The average molecular weight is 777 g/mol. The summed E-state index contributed by atoms with van der Waals surface area (Å²) in [7, 11) is 0. The number of fused-ring (bicyclic) bond motifs is 10. The van der Waals surface area contributed by atoms with Crippen LogP contribution in [0.25, 0.3) is 45.2 Å². The van der Waals surface area contributed by atoms with Crippen LogP contribution >= 0.6 is 0 Å². The quantitative estimate of drug-likeness (QED) is 0.161. The van der Waals surface area contributed by atoms with E-state index in [2.05, 4.69) is 226 Å². The zero-order valence-electron chi connectivity index (χ0n) is 34.7. The summed E-state index contributed by atoms with van der Waals surface area (Å²) in [5.41, 5.74) is 17.6. The highest BCUT2D eigenvalue weighted by Crippen LogP contribution is 2.56. The van der Waals surface area contributed by atoms with Crippen LogP contribution in [0.4, 0.5) is 28.4 Å². The lowest BCUT2D eigenvalue weighted by atomic mass is 9.71. The Morgan fingerprint density at radius 3 is 1.97 bits per heavy atom. The van der Waals surface area contributed by atoms with Crippen LogP contribution in [-0.2, 0) is 10.8 Å². The van der Waals surface area contributed by atoms with Crippen molar-refractivity contribution in [2.45, 2.75) is 44.9 Å². The lowest BCUT2D eigenvalue weighted by Gasteiger charge is -2.32. The molecule has 8 aromatic rings. The number of rotatable bonds is 7. The summed E-state index contributed by atoms with van der Waals surface area (Å²) in [5, 5.41) is 2.36. The average Bonchev–Trinajstić information content (AvgIpc) is 3.73. The predicted molar refractivity (Wildman–Crippen MR) is 253 cm³/mol. The number of anilines is 5. The van der Waals surface area contributed by atoms with Crippen molar-refractivity contribution in [1.82, 2.24) is 0 Å². The molecule has 0 N–H and O–H groups in total. The van der Waals surface area contributed by atoms with Gasteiger partial charge in [0.05, 0.1) is 5.69 Å². The molecule has 0 saturated heterocycles. The first-order chi connectivity index (χ1) is 29.3. The first-order valence-corrected chi connectivity index (χ1v) is 21.3. The molecule has 0 aliphatic heterocycles. The summed E-state index contributed by atoms with van der Waals surface area (Å²) in [6.45, 7) is 10.5. The third-order valence-electron chi connectivity index (χ3n) is 13.4. The Morgan fingerprint density at radius 1 is 0.583 bits per heavy atom. The summed E-state index contributed by atoms with van der Waals surface area (Å²) in [5.74, 6) is 0.405. The maximum absolute atomic E-state index is 7.01. The Kier molecular flexibility index (Phi) is 8.39. The van der Waals surface area contributed by atoms with E-state index < -0.39 is 0 Å². The Balaban J connectivity index is 1.04. The summed E-state index contributed by atoms with van der Waals surface area (Å²) in [6.07, 6.45) is 14.7. The van der Waals surface area contributed by atoms with Crippen molar-refractivity contribution in [3.63, 3.8) is 0 Å².